The molecule has 1 fully saturated rings. The first-order chi connectivity index (χ1) is 16.1. The molecule has 1 aliphatic rings. The number of rotatable bonds is 17. The third-order valence-electron chi connectivity index (χ3n) is 6.08. The number of ether oxygens (including phenoxy) is 1. The second kappa shape index (κ2) is 16.6. The Labute approximate surface area is 199 Å². The van der Waals surface area contributed by atoms with Crippen LogP contribution in [0.3, 0.4) is 0 Å². The van der Waals surface area contributed by atoms with Gasteiger partial charge in [-0.25, -0.2) is 0 Å². The predicted octanol–water partition coefficient (Wildman–Crippen LogP) is 4.39. The summed E-state index contributed by atoms with van der Waals surface area (Å²) in [6.07, 6.45) is 12.3. The first-order valence-electron chi connectivity index (χ1n) is 12.9. The van der Waals surface area contributed by atoms with E-state index in [1.165, 1.54) is 44.9 Å². The molecule has 0 aliphatic carbocycles. The fourth-order valence-electron chi connectivity index (χ4n) is 4.13. The molecule has 188 valence electrons. The van der Waals surface area contributed by atoms with E-state index in [0.717, 1.165) is 52.1 Å². The number of aryl methyl sites for hydroxylation is 1. The van der Waals surface area contributed by atoms with E-state index in [1.54, 1.807) is 17.9 Å². The minimum absolute atomic E-state index is 0.0469. The molecule has 0 bridgehead atoms. The summed E-state index contributed by atoms with van der Waals surface area (Å²) in [6, 6.07) is 1.67. The Bertz CT molecular complexity index is 673. The van der Waals surface area contributed by atoms with Crippen LogP contribution in [0.25, 0.3) is 0 Å². The molecule has 1 N–H and O–H groups in total. The summed E-state index contributed by atoms with van der Waals surface area (Å²) >= 11 is 0. The van der Waals surface area contributed by atoms with Crippen molar-refractivity contribution in [1.29, 1.82) is 0 Å². The lowest BCUT2D eigenvalue weighted by molar-refractivity contribution is -0.135. The van der Waals surface area contributed by atoms with Crippen molar-refractivity contribution in [2.45, 2.75) is 84.5 Å². The lowest BCUT2D eigenvalue weighted by Crippen LogP contribution is -2.41. The fraction of sp³-hybridized carbons (Fsp3) is 0.800. The van der Waals surface area contributed by atoms with Crippen LogP contribution in [-0.4, -0.2) is 72.7 Å². The molecule has 8 heteroatoms. The topological polar surface area (TPSA) is 87.9 Å². The van der Waals surface area contributed by atoms with E-state index in [-0.39, 0.29) is 18.4 Å². The number of aromatic nitrogens is 1. The summed E-state index contributed by atoms with van der Waals surface area (Å²) in [5, 5.41) is 6.53. The van der Waals surface area contributed by atoms with Gasteiger partial charge in [-0.1, -0.05) is 63.4 Å². The number of anilines is 1. The molecular weight excluding hydrogens is 420 g/mol. The smallest absolute Gasteiger partial charge is 0.245 e. The summed E-state index contributed by atoms with van der Waals surface area (Å²) in [5.41, 5.74) is 0. The van der Waals surface area contributed by atoms with Gasteiger partial charge in [0.05, 0.1) is 19.8 Å². The molecule has 2 amide bonds. The normalized spacial score (nSPS) is 14.4. The number of nitrogens with one attached hydrogen (secondary N) is 1. The zero-order valence-electron chi connectivity index (χ0n) is 20.8. The van der Waals surface area contributed by atoms with Gasteiger partial charge in [-0.3, -0.25) is 14.5 Å². The van der Waals surface area contributed by atoms with Gasteiger partial charge in [-0.15, -0.1) is 0 Å². The molecule has 8 nitrogen and oxygen atoms in total. The van der Waals surface area contributed by atoms with Crippen LogP contribution >= 0.6 is 0 Å². The zero-order chi connectivity index (χ0) is 23.7. The Morgan fingerprint density at radius 1 is 1.03 bits per heavy atom. The van der Waals surface area contributed by atoms with E-state index in [1.807, 2.05) is 0 Å². The minimum Gasteiger partial charge on any atom is -0.379 e. The summed E-state index contributed by atoms with van der Waals surface area (Å²) in [6.45, 7) is 8.94. The molecule has 0 unspecified atom stereocenters. The molecule has 2 heterocycles. The van der Waals surface area contributed by atoms with Gasteiger partial charge in [0, 0.05) is 38.7 Å². The van der Waals surface area contributed by atoms with Crippen molar-refractivity contribution in [1.82, 2.24) is 15.0 Å². The molecule has 2 rings (SSSR count). The standard InChI is InChI=1S/C25H44N4O4/c1-3-4-5-6-7-8-9-10-11-13-25(31)29(15-12-14-28-16-18-32-19-17-28)21-24(30)26-23-20-22(2)33-27-23/h20H,3-19,21H2,1-2H3,(H,26,27,30). The highest BCUT2D eigenvalue weighted by Gasteiger charge is 2.19. The van der Waals surface area contributed by atoms with Crippen LogP contribution < -0.4 is 5.32 Å². The predicted molar refractivity (Wildman–Crippen MR) is 130 cm³/mol. The van der Waals surface area contributed by atoms with E-state index in [2.05, 4.69) is 22.3 Å². The highest BCUT2D eigenvalue weighted by Crippen LogP contribution is 2.12. The largest absolute Gasteiger partial charge is 0.379 e. The second-order valence-corrected chi connectivity index (χ2v) is 9.07. The zero-order valence-corrected chi connectivity index (χ0v) is 20.8. The highest BCUT2D eigenvalue weighted by molar-refractivity contribution is 5.93. The first kappa shape index (κ1) is 27.3. The monoisotopic (exact) mass is 464 g/mol. The lowest BCUT2D eigenvalue weighted by atomic mass is 10.1. The quantitative estimate of drug-likeness (QED) is 0.344. The van der Waals surface area contributed by atoms with Crippen molar-refractivity contribution in [2.75, 3.05) is 51.3 Å². The van der Waals surface area contributed by atoms with Gasteiger partial charge < -0.3 is 19.5 Å². The summed E-state index contributed by atoms with van der Waals surface area (Å²) in [7, 11) is 0. The van der Waals surface area contributed by atoms with Gasteiger partial charge in [0.25, 0.3) is 0 Å². The molecule has 1 saturated heterocycles. The van der Waals surface area contributed by atoms with E-state index in [4.69, 9.17) is 9.26 Å². The van der Waals surface area contributed by atoms with Crippen molar-refractivity contribution >= 4 is 17.6 Å². The van der Waals surface area contributed by atoms with Crippen molar-refractivity contribution in [2.24, 2.45) is 0 Å². The van der Waals surface area contributed by atoms with Crippen molar-refractivity contribution in [3.05, 3.63) is 11.8 Å². The number of unbranched alkanes of at least 4 members (excludes halogenated alkanes) is 8. The molecule has 1 aromatic rings. The first-order valence-corrected chi connectivity index (χ1v) is 12.9. The SMILES string of the molecule is CCCCCCCCCCCC(=O)N(CCCN1CCOCC1)CC(=O)Nc1cc(C)on1. The maximum atomic E-state index is 12.9. The third kappa shape index (κ3) is 12.2. The number of carbonyl (C=O) groups is 2. The van der Waals surface area contributed by atoms with E-state index >= 15 is 0 Å². The van der Waals surface area contributed by atoms with E-state index in [0.29, 0.717) is 24.5 Å². The molecule has 0 spiro atoms. The van der Waals surface area contributed by atoms with Gasteiger partial charge in [0.1, 0.15) is 5.76 Å². The number of hydrogen-bond acceptors (Lipinski definition) is 6. The van der Waals surface area contributed by atoms with Gasteiger partial charge in [-0.2, -0.15) is 0 Å². The Morgan fingerprint density at radius 2 is 1.70 bits per heavy atom. The van der Waals surface area contributed by atoms with E-state index in [9.17, 15) is 9.59 Å². The van der Waals surface area contributed by atoms with Crippen molar-refractivity contribution < 1.29 is 18.8 Å². The Balaban J connectivity index is 1.72. The summed E-state index contributed by atoms with van der Waals surface area (Å²) in [4.78, 5) is 29.5. The minimum atomic E-state index is -0.241. The third-order valence-corrected chi connectivity index (χ3v) is 6.08. The van der Waals surface area contributed by atoms with Crippen LogP contribution in [0.5, 0.6) is 0 Å². The van der Waals surface area contributed by atoms with Crippen LogP contribution in [0.15, 0.2) is 10.6 Å². The molecule has 0 saturated carbocycles. The van der Waals surface area contributed by atoms with Gasteiger partial charge in [-0.05, 0) is 19.8 Å². The highest BCUT2D eigenvalue weighted by atomic mass is 16.5. The average molecular weight is 465 g/mol. The van der Waals surface area contributed by atoms with Crippen LogP contribution in [0.1, 0.15) is 83.3 Å². The van der Waals surface area contributed by atoms with Crippen LogP contribution in [-0.2, 0) is 14.3 Å². The molecule has 1 aliphatic heterocycles. The van der Waals surface area contributed by atoms with E-state index < -0.39 is 0 Å². The number of amides is 2. The Kier molecular flexibility index (Phi) is 13.8. The molecule has 0 radical (unpaired) electrons. The molecule has 1 aromatic heterocycles. The van der Waals surface area contributed by atoms with Crippen LogP contribution in [0.4, 0.5) is 5.82 Å². The number of carbonyl (C=O) groups excluding carboxylic acids is 2. The maximum Gasteiger partial charge on any atom is 0.245 e. The second-order valence-electron chi connectivity index (χ2n) is 9.07. The molecule has 0 aromatic carbocycles. The number of morpholine rings is 1. The fourth-order valence-corrected chi connectivity index (χ4v) is 4.13. The maximum absolute atomic E-state index is 12.9. The molecule has 33 heavy (non-hydrogen) atoms. The molecular formula is C25H44N4O4. The Morgan fingerprint density at radius 3 is 2.33 bits per heavy atom. The summed E-state index contributed by atoms with van der Waals surface area (Å²) < 4.78 is 10.4. The van der Waals surface area contributed by atoms with Gasteiger partial charge >= 0.3 is 0 Å². The summed E-state index contributed by atoms with van der Waals surface area (Å²) in [5.74, 6) is 0.841. The van der Waals surface area contributed by atoms with Crippen molar-refractivity contribution in [3.63, 3.8) is 0 Å². The van der Waals surface area contributed by atoms with Gasteiger partial charge in [0.15, 0.2) is 5.82 Å². The molecule has 0 atom stereocenters. The van der Waals surface area contributed by atoms with Crippen LogP contribution in [0, 0.1) is 6.92 Å². The number of hydrogen-bond donors (Lipinski definition) is 1. The number of nitrogens with zero attached hydrogens (tertiary/aromatic N) is 3. The lowest BCUT2D eigenvalue weighted by Gasteiger charge is -2.28. The van der Waals surface area contributed by atoms with Crippen molar-refractivity contribution in [3.8, 4) is 0 Å². The van der Waals surface area contributed by atoms with Crippen LogP contribution in [0.2, 0.25) is 0 Å². The average Bonchev–Trinajstić information content (AvgIpc) is 3.22. The Hall–Kier alpha value is -1.93. The van der Waals surface area contributed by atoms with Gasteiger partial charge in [0.2, 0.25) is 11.8 Å².